The van der Waals surface area contributed by atoms with Crippen LogP contribution in [0.1, 0.15) is 20.8 Å². The van der Waals surface area contributed by atoms with E-state index in [0.29, 0.717) is 53.8 Å². The molecular weight excluding hydrogens is 405 g/mol. The molecule has 1 saturated heterocycles. The van der Waals surface area contributed by atoms with Gasteiger partial charge in [-0.15, -0.1) is 11.3 Å². The van der Waals surface area contributed by atoms with Gasteiger partial charge in [-0.2, -0.15) is 0 Å². The Kier molecular flexibility index (Phi) is 5.76. The highest BCUT2D eigenvalue weighted by Gasteiger charge is 2.27. The third-order valence-corrected chi connectivity index (χ3v) is 5.87. The van der Waals surface area contributed by atoms with Crippen LogP contribution < -0.4 is 4.74 Å². The molecule has 8 heteroatoms. The van der Waals surface area contributed by atoms with E-state index in [-0.39, 0.29) is 17.6 Å². The zero-order valence-corrected chi connectivity index (χ0v) is 17.2. The van der Waals surface area contributed by atoms with E-state index < -0.39 is 0 Å². The molecule has 2 amide bonds. The third-order valence-electron chi connectivity index (χ3n) is 5.00. The van der Waals surface area contributed by atoms with E-state index in [9.17, 15) is 14.0 Å². The number of thiazole rings is 1. The summed E-state index contributed by atoms with van der Waals surface area (Å²) < 4.78 is 19.2. The third kappa shape index (κ3) is 4.04. The molecular formula is C22H20FN3O3S. The molecule has 0 spiro atoms. The summed E-state index contributed by atoms with van der Waals surface area (Å²) in [7, 11) is 1.56. The van der Waals surface area contributed by atoms with Crippen LogP contribution in [0.15, 0.2) is 53.9 Å². The average Bonchev–Trinajstić information content (AvgIpc) is 3.28. The first-order valence-electron chi connectivity index (χ1n) is 9.50. The van der Waals surface area contributed by atoms with Crippen LogP contribution in [0, 0.1) is 5.82 Å². The molecule has 0 atom stereocenters. The van der Waals surface area contributed by atoms with Gasteiger partial charge in [0.1, 0.15) is 22.3 Å². The lowest BCUT2D eigenvalue weighted by molar-refractivity contribution is 0.0532. The fraction of sp³-hybridized carbons (Fsp3) is 0.227. The van der Waals surface area contributed by atoms with Crippen molar-refractivity contribution < 1.29 is 18.7 Å². The minimum absolute atomic E-state index is 0.0866. The molecule has 2 heterocycles. The number of carbonyl (C=O) groups excluding carboxylic acids is 2. The molecule has 0 aliphatic carbocycles. The highest BCUT2D eigenvalue weighted by Crippen LogP contribution is 2.26. The number of rotatable bonds is 4. The van der Waals surface area contributed by atoms with Gasteiger partial charge in [-0.25, -0.2) is 9.37 Å². The van der Waals surface area contributed by atoms with Gasteiger partial charge in [0.05, 0.1) is 7.11 Å². The molecule has 6 nitrogen and oxygen atoms in total. The number of carbonyl (C=O) groups is 2. The van der Waals surface area contributed by atoms with Crippen molar-refractivity contribution in [3.05, 3.63) is 71.0 Å². The molecule has 154 valence electrons. The Labute approximate surface area is 177 Å². The Morgan fingerprint density at radius 1 is 1.00 bits per heavy atom. The molecule has 1 aromatic heterocycles. The van der Waals surface area contributed by atoms with Gasteiger partial charge in [-0.05, 0) is 30.3 Å². The van der Waals surface area contributed by atoms with Crippen molar-refractivity contribution in [2.45, 2.75) is 0 Å². The summed E-state index contributed by atoms with van der Waals surface area (Å²) in [5.74, 6) is -0.0295. The van der Waals surface area contributed by atoms with Crippen LogP contribution in [0.3, 0.4) is 0 Å². The second-order valence-corrected chi connectivity index (χ2v) is 7.69. The number of hydrogen-bond donors (Lipinski definition) is 0. The average molecular weight is 425 g/mol. The van der Waals surface area contributed by atoms with Crippen LogP contribution >= 0.6 is 11.3 Å². The highest BCUT2D eigenvalue weighted by atomic mass is 32.1. The van der Waals surface area contributed by atoms with Crippen LogP contribution in [0.25, 0.3) is 10.6 Å². The Morgan fingerprint density at radius 3 is 2.40 bits per heavy atom. The number of methoxy groups -OCH3 is 1. The van der Waals surface area contributed by atoms with Crippen molar-refractivity contribution in [1.82, 2.24) is 14.8 Å². The lowest BCUT2D eigenvalue weighted by Crippen LogP contribution is -2.50. The van der Waals surface area contributed by atoms with E-state index in [4.69, 9.17) is 4.74 Å². The first kappa shape index (κ1) is 20.0. The molecule has 0 bridgehead atoms. The number of piperazine rings is 1. The largest absolute Gasteiger partial charge is 0.497 e. The van der Waals surface area contributed by atoms with Crippen molar-refractivity contribution in [2.24, 2.45) is 0 Å². The number of halogens is 1. The maximum atomic E-state index is 14.0. The van der Waals surface area contributed by atoms with Crippen LogP contribution in [-0.4, -0.2) is 59.9 Å². The van der Waals surface area contributed by atoms with Crippen molar-refractivity contribution in [3.8, 4) is 16.3 Å². The molecule has 0 N–H and O–H groups in total. The minimum atomic E-state index is -0.365. The predicted octanol–water partition coefficient (Wildman–Crippen LogP) is 3.56. The van der Waals surface area contributed by atoms with E-state index in [1.807, 2.05) is 0 Å². The Hall–Kier alpha value is -3.26. The van der Waals surface area contributed by atoms with Crippen molar-refractivity contribution in [1.29, 1.82) is 0 Å². The predicted molar refractivity (Wildman–Crippen MR) is 112 cm³/mol. The number of ether oxygens (including phenoxy) is 1. The van der Waals surface area contributed by atoms with Crippen LogP contribution in [0.4, 0.5) is 4.39 Å². The van der Waals surface area contributed by atoms with E-state index in [1.165, 1.54) is 17.4 Å². The van der Waals surface area contributed by atoms with Gasteiger partial charge in [0.2, 0.25) is 0 Å². The zero-order chi connectivity index (χ0) is 21.1. The SMILES string of the molecule is COc1cccc(C(=O)N2CCN(C(=O)c3csc(-c4ccccc4F)n3)CC2)c1. The molecule has 3 aromatic rings. The molecule has 0 unspecified atom stereocenters. The lowest BCUT2D eigenvalue weighted by atomic mass is 10.1. The van der Waals surface area contributed by atoms with Crippen LogP contribution in [0.5, 0.6) is 5.75 Å². The molecule has 2 aromatic carbocycles. The van der Waals surface area contributed by atoms with E-state index >= 15 is 0 Å². The van der Waals surface area contributed by atoms with Crippen molar-refractivity contribution in [2.75, 3.05) is 33.3 Å². The molecule has 1 fully saturated rings. The number of aromatic nitrogens is 1. The van der Waals surface area contributed by atoms with Gasteiger partial charge < -0.3 is 14.5 Å². The van der Waals surface area contributed by atoms with Gasteiger partial charge in [0.15, 0.2) is 0 Å². The number of hydrogen-bond acceptors (Lipinski definition) is 5. The van der Waals surface area contributed by atoms with E-state index in [0.717, 1.165) is 0 Å². The maximum absolute atomic E-state index is 14.0. The Balaban J connectivity index is 1.40. The van der Waals surface area contributed by atoms with Crippen molar-refractivity contribution >= 4 is 23.2 Å². The van der Waals surface area contributed by atoms with E-state index in [2.05, 4.69) is 4.98 Å². The topological polar surface area (TPSA) is 62.7 Å². The fourth-order valence-electron chi connectivity index (χ4n) is 3.34. The lowest BCUT2D eigenvalue weighted by Gasteiger charge is -2.34. The fourth-order valence-corrected chi connectivity index (χ4v) is 4.16. The Bertz CT molecular complexity index is 1080. The maximum Gasteiger partial charge on any atom is 0.273 e. The number of amides is 2. The zero-order valence-electron chi connectivity index (χ0n) is 16.4. The summed E-state index contributed by atoms with van der Waals surface area (Å²) in [6.07, 6.45) is 0. The summed E-state index contributed by atoms with van der Waals surface area (Å²) in [6.45, 7) is 1.71. The first-order chi connectivity index (χ1) is 14.6. The number of nitrogens with zero attached hydrogens (tertiary/aromatic N) is 3. The minimum Gasteiger partial charge on any atom is -0.497 e. The summed E-state index contributed by atoms with van der Waals surface area (Å²) in [5, 5.41) is 2.13. The summed E-state index contributed by atoms with van der Waals surface area (Å²) in [6, 6.07) is 13.4. The normalized spacial score (nSPS) is 13.9. The molecule has 1 aliphatic heterocycles. The van der Waals surface area contributed by atoms with Gasteiger partial charge in [-0.3, -0.25) is 9.59 Å². The van der Waals surface area contributed by atoms with Crippen molar-refractivity contribution in [3.63, 3.8) is 0 Å². The van der Waals surface area contributed by atoms with Gasteiger partial charge >= 0.3 is 0 Å². The first-order valence-corrected chi connectivity index (χ1v) is 10.4. The molecule has 1 aliphatic rings. The van der Waals surface area contributed by atoms with Crippen LogP contribution in [-0.2, 0) is 0 Å². The van der Waals surface area contributed by atoms with E-state index in [1.54, 1.807) is 64.8 Å². The summed E-state index contributed by atoms with van der Waals surface area (Å²) in [4.78, 5) is 33.3. The monoisotopic (exact) mass is 425 g/mol. The quantitative estimate of drug-likeness (QED) is 0.641. The Morgan fingerprint density at radius 2 is 1.70 bits per heavy atom. The highest BCUT2D eigenvalue weighted by molar-refractivity contribution is 7.13. The standard InChI is InChI=1S/C22H20FN3O3S/c1-29-16-6-4-5-15(13-16)21(27)25-9-11-26(12-10-25)22(28)19-14-30-20(24-19)17-7-2-3-8-18(17)23/h2-8,13-14H,9-12H2,1H3. The summed E-state index contributed by atoms with van der Waals surface area (Å²) >= 11 is 1.24. The number of benzene rings is 2. The molecule has 0 saturated carbocycles. The van der Waals surface area contributed by atoms with Gasteiger partial charge in [-0.1, -0.05) is 18.2 Å². The van der Waals surface area contributed by atoms with Gasteiger partial charge in [0.25, 0.3) is 11.8 Å². The molecule has 30 heavy (non-hydrogen) atoms. The molecule has 0 radical (unpaired) electrons. The van der Waals surface area contributed by atoms with Gasteiger partial charge in [0, 0.05) is 42.7 Å². The smallest absolute Gasteiger partial charge is 0.273 e. The second kappa shape index (κ2) is 8.62. The van der Waals surface area contributed by atoms with Crippen LogP contribution in [0.2, 0.25) is 0 Å². The second-order valence-electron chi connectivity index (χ2n) is 6.83. The molecule has 4 rings (SSSR count). The summed E-state index contributed by atoms with van der Waals surface area (Å²) in [5.41, 5.74) is 1.24.